The smallest absolute Gasteiger partial charge is 0.208 e. The molecule has 0 amide bonds. The van der Waals surface area contributed by atoms with Gasteiger partial charge >= 0.3 is 0 Å². The highest BCUT2D eigenvalue weighted by Gasteiger charge is 2.27. The van der Waals surface area contributed by atoms with Gasteiger partial charge in [0.1, 0.15) is 5.51 Å². The number of rotatable bonds is 2. The minimum absolute atomic E-state index is 0.0247. The average Bonchev–Trinajstić information content (AvgIpc) is 2.70. The van der Waals surface area contributed by atoms with E-state index < -0.39 is 0 Å². The summed E-state index contributed by atoms with van der Waals surface area (Å²) in [7, 11) is 0. The predicted octanol–water partition coefficient (Wildman–Crippen LogP) is 1.49. The number of carbonyl (C=O) groups is 1. The van der Waals surface area contributed by atoms with Gasteiger partial charge in [-0.1, -0.05) is 11.3 Å². The van der Waals surface area contributed by atoms with E-state index in [2.05, 4.69) is 15.1 Å². The summed E-state index contributed by atoms with van der Waals surface area (Å²) < 4.78 is 0. The fraction of sp³-hybridized carbons (Fsp3) is 0.667. The normalized spacial score (nSPS) is 22.4. The molecular weight excluding hydrogens is 198 g/mol. The van der Waals surface area contributed by atoms with Crippen molar-refractivity contribution in [1.82, 2.24) is 10.2 Å². The standard InChI is InChI=1S/C9H13N3OS/c1-7(13)8-4-2-3-5-12(8)9-11-10-6-14-9/h6,8H,2-5H2,1H3. The largest absolute Gasteiger partial charge is 0.337 e. The molecule has 2 rings (SSSR count). The summed E-state index contributed by atoms with van der Waals surface area (Å²) in [6.07, 6.45) is 3.23. The zero-order valence-electron chi connectivity index (χ0n) is 8.14. The van der Waals surface area contributed by atoms with E-state index in [9.17, 15) is 4.79 Å². The molecule has 5 heteroatoms. The molecule has 0 aromatic carbocycles. The zero-order valence-corrected chi connectivity index (χ0v) is 8.96. The topological polar surface area (TPSA) is 46.1 Å². The van der Waals surface area contributed by atoms with Gasteiger partial charge in [0.15, 0.2) is 5.78 Å². The van der Waals surface area contributed by atoms with Crippen molar-refractivity contribution in [2.45, 2.75) is 32.2 Å². The maximum absolute atomic E-state index is 11.4. The molecule has 0 bridgehead atoms. The van der Waals surface area contributed by atoms with Gasteiger partial charge in [0.25, 0.3) is 0 Å². The molecule has 4 nitrogen and oxygen atoms in total. The predicted molar refractivity (Wildman–Crippen MR) is 55.6 cm³/mol. The summed E-state index contributed by atoms with van der Waals surface area (Å²) in [5.41, 5.74) is 1.71. The van der Waals surface area contributed by atoms with E-state index in [1.54, 1.807) is 12.4 Å². The number of aromatic nitrogens is 2. The van der Waals surface area contributed by atoms with Crippen molar-refractivity contribution in [2.75, 3.05) is 11.4 Å². The first kappa shape index (κ1) is 9.58. The Balaban J connectivity index is 2.18. The Hall–Kier alpha value is -0.970. The number of hydrogen-bond acceptors (Lipinski definition) is 5. The van der Waals surface area contributed by atoms with E-state index in [1.807, 2.05) is 0 Å². The van der Waals surface area contributed by atoms with Crippen molar-refractivity contribution in [3.63, 3.8) is 0 Å². The third kappa shape index (κ3) is 1.77. The lowest BCUT2D eigenvalue weighted by Gasteiger charge is -2.33. The first-order valence-corrected chi connectivity index (χ1v) is 5.70. The number of Topliss-reactive ketones (excluding diaryl/α,β-unsaturated/α-hetero) is 1. The van der Waals surface area contributed by atoms with Gasteiger partial charge in [-0.3, -0.25) is 4.79 Å². The summed E-state index contributed by atoms with van der Waals surface area (Å²) in [4.78, 5) is 13.5. The Morgan fingerprint density at radius 2 is 2.50 bits per heavy atom. The second-order valence-electron chi connectivity index (χ2n) is 3.54. The Labute approximate surface area is 86.9 Å². The van der Waals surface area contributed by atoms with Crippen LogP contribution in [0.15, 0.2) is 5.51 Å². The van der Waals surface area contributed by atoms with E-state index in [1.165, 1.54) is 11.3 Å². The van der Waals surface area contributed by atoms with Crippen LogP contribution in [-0.4, -0.2) is 28.6 Å². The lowest BCUT2D eigenvalue weighted by molar-refractivity contribution is -0.118. The molecule has 2 heterocycles. The molecule has 0 spiro atoms. The lowest BCUT2D eigenvalue weighted by atomic mass is 10.00. The van der Waals surface area contributed by atoms with Crippen molar-refractivity contribution in [2.24, 2.45) is 0 Å². The molecule has 0 N–H and O–H groups in total. The number of nitrogens with zero attached hydrogens (tertiary/aromatic N) is 3. The maximum Gasteiger partial charge on any atom is 0.208 e. The third-order valence-electron chi connectivity index (χ3n) is 2.57. The van der Waals surface area contributed by atoms with E-state index in [0.29, 0.717) is 0 Å². The van der Waals surface area contributed by atoms with E-state index in [-0.39, 0.29) is 11.8 Å². The van der Waals surface area contributed by atoms with Crippen LogP contribution in [0.25, 0.3) is 0 Å². The monoisotopic (exact) mass is 211 g/mol. The molecule has 1 fully saturated rings. The minimum Gasteiger partial charge on any atom is -0.337 e. The zero-order chi connectivity index (χ0) is 9.97. The van der Waals surface area contributed by atoms with Crippen LogP contribution in [0, 0.1) is 0 Å². The van der Waals surface area contributed by atoms with Crippen LogP contribution in [0.1, 0.15) is 26.2 Å². The van der Waals surface area contributed by atoms with Gasteiger partial charge < -0.3 is 4.90 Å². The molecule has 0 radical (unpaired) electrons. The van der Waals surface area contributed by atoms with Gasteiger partial charge in [0.05, 0.1) is 6.04 Å². The minimum atomic E-state index is 0.0247. The lowest BCUT2D eigenvalue weighted by Crippen LogP contribution is -2.43. The second-order valence-corrected chi connectivity index (χ2v) is 4.35. The van der Waals surface area contributed by atoms with Gasteiger partial charge in [-0.15, -0.1) is 10.2 Å². The van der Waals surface area contributed by atoms with Crippen molar-refractivity contribution in [3.8, 4) is 0 Å². The number of carbonyl (C=O) groups excluding carboxylic acids is 1. The fourth-order valence-electron chi connectivity index (χ4n) is 1.88. The fourth-order valence-corrected chi connectivity index (χ4v) is 2.51. The highest BCUT2D eigenvalue weighted by molar-refractivity contribution is 7.13. The Bertz CT molecular complexity index is 312. The molecule has 0 aliphatic carbocycles. The van der Waals surface area contributed by atoms with Crippen LogP contribution in [0.5, 0.6) is 0 Å². The van der Waals surface area contributed by atoms with Crippen molar-refractivity contribution in [1.29, 1.82) is 0 Å². The van der Waals surface area contributed by atoms with E-state index in [4.69, 9.17) is 0 Å². The number of hydrogen-bond donors (Lipinski definition) is 0. The summed E-state index contributed by atoms with van der Waals surface area (Å²) in [5, 5.41) is 8.70. The van der Waals surface area contributed by atoms with Crippen LogP contribution < -0.4 is 4.90 Å². The Morgan fingerprint density at radius 1 is 1.64 bits per heavy atom. The van der Waals surface area contributed by atoms with Gasteiger partial charge in [-0.05, 0) is 26.2 Å². The van der Waals surface area contributed by atoms with Gasteiger partial charge in [0.2, 0.25) is 5.13 Å². The molecule has 1 atom stereocenters. The Kier molecular flexibility index (Phi) is 2.77. The van der Waals surface area contributed by atoms with Crippen LogP contribution >= 0.6 is 11.3 Å². The van der Waals surface area contributed by atoms with Crippen LogP contribution in [0.2, 0.25) is 0 Å². The van der Waals surface area contributed by atoms with Gasteiger partial charge in [-0.2, -0.15) is 0 Å². The molecule has 1 unspecified atom stereocenters. The molecule has 76 valence electrons. The molecule has 0 saturated carbocycles. The number of piperidine rings is 1. The summed E-state index contributed by atoms with van der Waals surface area (Å²) >= 11 is 1.50. The average molecular weight is 211 g/mol. The maximum atomic E-state index is 11.4. The molecule has 1 aliphatic rings. The molecule has 1 aromatic heterocycles. The SMILES string of the molecule is CC(=O)C1CCCCN1c1nncs1. The van der Waals surface area contributed by atoms with Crippen LogP contribution in [0.3, 0.4) is 0 Å². The first-order valence-electron chi connectivity index (χ1n) is 4.82. The van der Waals surface area contributed by atoms with Gasteiger partial charge in [0, 0.05) is 6.54 Å². The molecule has 1 saturated heterocycles. The first-order chi connectivity index (χ1) is 6.79. The van der Waals surface area contributed by atoms with Crippen LogP contribution in [-0.2, 0) is 4.79 Å². The number of anilines is 1. The summed E-state index contributed by atoms with van der Waals surface area (Å²) in [6, 6.07) is 0.0247. The third-order valence-corrected chi connectivity index (χ3v) is 3.29. The number of ketones is 1. The molecular formula is C9H13N3OS. The Morgan fingerprint density at radius 3 is 3.14 bits per heavy atom. The van der Waals surface area contributed by atoms with Crippen molar-refractivity contribution >= 4 is 22.3 Å². The highest BCUT2D eigenvalue weighted by Crippen LogP contribution is 2.25. The second kappa shape index (κ2) is 4.04. The van der Waals surface area contributed by atoms with Crippen molar-refractivity contribution < 1.29 is 4.79 Å². The van der Waals surface area contributed by atoms with Crippen LogP contribution in [0.4, 0.5) is 5.13 Å². The van der Waals surface area contributed by atoms with Crippen molar-refractivity contribution in [3.05, 3.63) is 5.51 Å². The molecule has 1 aromatic rings. The van der Waals surface area contributed by atoms with Gasteiger partial charge in [-0.25, -0.2) is 0 Å². The highest BCUT2D eigenvalue weighted by atomic mass is 32.1. The molecule has 14 heavy (non-hydrogen) atoms. The van der Waals surface area contributed by atoms with E-state index in [0.717, 1.165) is 30.9 Å². The summed E-state index contributed by atoms with van der Waals surface area (Å²) in [6.45, 7) is 2.59. The quantitative estimate of drug-likeness (QED) is 0.743. The molecule has 1 aliphatic heterocycles. The summed E-state index contributed by atoms with van der Waals surface area (Å²) in [5.74, 6) is 0.236. The van der Waals surface area contributed by atoms with E-state index >= 15 is 0 Å².